The van der Waals surface area contributed by atoms with Gasteiger partial charge in [-0.2, -0.15) is 0 Å². The normalized spacial score (nSPS) is 20.0. The fourth-order valence-corrected chi connectivity index (χ4v) is 2.84. The van der Waals surface area contributed by atoms with Gasteiger partial charge < -0.3 is 26.4 Å². The number of aliphatic carboxylic acids is 1. The van der Waals surface area contributed by atoms with E-state index in [1.165, 1.54) is 6.92 Å². The van der Waals surface area contributed by atoms with Crippen molar-refractivity contribution in [3.05, 3.63) is 0 Å². The van der Waals surface area contributed by atoms with Crippen molar-refractivity contribution in [1.82, 2.24) is 21.3 Å². The first-order chi connectivity index (χ1) is 12.5. The summed E-state index contributed by atoms with van der Waals surface area (Å²) in [5.41, 5.74) is 0. The Balaban J connectivity index is 2.79. The minimum atomic E-state index is -1.16. The molecule has 5 N–H and O–H groups in total. The Kier molecular flexibility index (Phi) is 8.68. The zero-order chi connectivity index (χ0) is 20.7. The molecule has 9 heteroatoms. The average Bonchev–Trinajstić information content (AvgIpc) is 3.10. The van der Waals surface area contributed by atoms with Gasteiger partial charge in [-0.05, 0) is 38.1 Å². The lowest BCUT2D eigenvalue weighted by atomic mass is 9.99. The molecule has 1 aliphatic rings. The number of carboxylic acid groups (broad SMARTS) is 1. The lowest BCUT2D eigenvalue weighted by Gasteiger charge is -2.28. The third-order valence-corrected chi connectivity index (χ3v) is 4.60. The van der Waals surface area contributed by atoms with Crippen molar-refractivity contribution in [2.45, 2.75) is 71.6 Å². The van der Waals surface area contributed by atoms with Crippen LogP contribution in [-0.4, -0.2) is 59.5 Å². The molecule has 4 atom stereocenters. The molecule has 0 saturated carbocycles. The zero-order valence-electron chi connectivity index (χ0n) is 16.7. The molecule has 0 aromatic rings. The molecule has 0 aromatic carbocycles. The Labute approximate surface area is 160 Å². The first-order valence-electron chi connectivity index (χ1n) is 9.41. The maximum absolute atomic E-state index is 12.7. The smallest absolute Gasteiger partial charge is 0.325 e. The van der Waals surface area contributed by atoms with Crippen LogP contribution in [0.3, 0.4) is 0 Å². The SMILES string of the molecule is CC(NC(=O)C(NC(=O)C(NC(=O)C1CCCN1)C(C)C)C(C)C)C(=O)O. The van der Waals surface area contributed by atoms with Crippen LogP contribution in [0.2, 0.25) is 0 Å². The molecule has 27 heavy (non-hydrogen) atoms. The molecule has 1 fully saturated rings. The second-order valence-electron chi connectivity index (χ2n) is 7.68. The predicted molar refractivity (Wildman–Crippen MR) is 99.8 cm³/mol. The number of amides is 3. The van der Waals surface area contributed by atoms with Gasteiger partial charge in [-0.15, -0.1) is 0 Å². The third-order valence-electron chi connectivity index (χ3n) is 4.60. The van der Waals surface area contributed by atoms with Crippen LogP contribution in [0, 0.1) is 11.8 Å². The van der Waals surface area contributed by atoms with Crippen molar-refractivity contribution >= 4 is 23.7 Å². The van der Waals surface area contributed by atoms with E-state index >= 15 is 0 Å². The molecule has 1 saturated heterocycles. The monoisotopic (exact) mass is 384 g/mol. The average molecular weight is 384 g/mol. The number of hydrogen-bond acceptors (Lipinski definition) is 5. The highest BCUT2D eigenvalue weighted by molar-refractivity contribution is 5.94. The van der Waals surface area contributed by atoms with E-state index in [-0.39, 0.29) is 23.8 Å². The number of carbonyl (C=O) groups is 4. The van der Waals surface area contributed by atoms with Gasteiger partial charge in [-0.1, -0.05) is 27.7 Å². The molecule has 1 aliphatic heterocycles. The van der Waals surface area contributed by atoms with Crippen LogP contribution in [0.25, 0.3) is 0 Å². The Morgan fingerprint density at radius 2 is 1.41 bits per heavy atom. The summed E-state index contributed by atoms with van der Waals surface area (Å²) in [4.78, 5) is 48.4. The quantitative estimate of drug-likeness (QED) is 0.367. The Morgan fingerprint density at radius 1 is 0.889 bits per heavy atom. The van der Waals surface area contributed by atoms with E-state index in [1.807, 2.05) is 13.8 Å². The topological polar surface area (TPSA) is 137 Å². The van der Waals surface area contributed by atoms with E-state index in [0.29, 0.717) is 0 Å². The van der Waals surface area contributed by atoms with Gasteiger partial charge in [0.25, 0.3) is 0 Å². The highest BCUT2D eigenvalue weighted by Gasteiger charge is 2.33. The summed E-state index contributed by atoms with van der Waals surface area (Å²) in [6.07, 6.45) is 1.64. The summed E-state index contributed by atoms with van der Waals surface area (Å²) in [7, 11) is 0. The highest BCUT2D eigenvalue weighted by Crippen LogP contribution is 2.10. The van der Waals surface area contributed by atoms with Crippen LogP contribution >= 0.6 is 0 Å². The molecule has 0 aromatic heterocycles. The van der Waals surface area contributed by atoms with Crippen LogP contribution in [0.4, 0.5) is 0 Å². The van der Waals surface area contributed by atoms with Gasteiger partial charge in [0, 0.05) is 0 Å². The highest BCUT2D eigenvalue weighted by atomic mass is 16.4. The van der Waals surface area contributed by atoms with E-state index in [0.717, 1.165) is 19.4 Å². The van der Waals surface area contributed by atoms with Crippen LogP contribution in [0.1, 0.15) is 47.5 Å². The molecule has 0 aliphatic carbocycles. The minimum Gasteiger partial charge on any atom is -0.480 e. The molecule has 3 amide bonds. The molecule has 1 heterocycles. The lowest BCUT2D eigenvalue weighted by Crippen LogP contribution is -2.59. The van der Waals surface area contributed by atoms with E-state index in [4.69, 9.17) is 5.11 Å². The molecule has 154 valence electrons. The van der Waals surface area contributed by atoms with Crippen molar-refractivity contribution in [3.8, 4) is 0 Å². The van der Waals surface area contributed by atoms with E-state index in [2.05, 4.69) is 21.3 Å². The van der Waals surface area contributed by atoms with Crippen LogP contribution in [-0.2, 0) is 19.2 Å². The van der Waals surface area contributed by atoms with E-state index in [9.17, 15) is 19.2 Å². The second kappa shape index (κ2) is 10.2. The van der Waals surface area contributed by atoms with Crippen LogP contribution in [0.5, 0.6) is 0 Å². The van der Waals surface area contributed by atoms with Crippen molar-refractivity contribution in [3.63, 3.8) is 0 Å². The summed E-state index contributed by atoms with van der Waals surface area (Å²) < 4.78 is 0. The first-order valence-corrected chi connectivity index (χ1v) is 9.41. The minimum absolute atomic E-state index is 0.177. The van der Waals surface area contributed by atoms with E-state index in [1.54, 1.807) is 13.8 Å². The Hall–Kier alpha value is -2.16. The van der Waals surface area contributed by atoms with Gasteiger partial charge in [-0.25, -0.2) is 0 Å². The summed E-state index contributed by atoms with van der Waals surface area (Å²) in [6, 6.07) is -3.06. The molecule has 0 radical (unpaired) electrons. The Morgan fingerprint density at radius 3 is 1.85 bits per heavy atom. The Bertz CT molecular complexity index is 558. The van der Waals surface area contributed by atoms with Gasteiger partial charge in [0.05, 0.1) is 6.04 Å². The molecule has 0 spiro atoms. The lowest BCUT2D eigenvalue weighted by molar-refractivity contribution is -0.142. The molecular formula is C18H32N4O5. The summed E-state index contributed by atoms with van der Waals surface area (Å²) in [6.45, 7) is 9.25. The maximum Gasteiger partial charge on any atom is 0.325 e. The molecule has 1 rings (SSSR count). The van der Waals surface area contributed by atoms with Crippen molar-refractivity contribution in [2.75, 3.05) is 6.54 Å². The number of nitrogens with one attached hydrogen (secondary N) is 4. The third kappa shape index (κ3) is 6.82. The van der Waals surface area contributed by atoms with Gasteiger partial charge >= 0.3 is 5.97 Å². The van der Waals surface area contributed by atoms with Gasteiger partial charge in [0.1, 0.15) is 18.1 Å². The summed E-state index contributed by atoms with van der Waals surface area (Å²) in [5, 5.41) is 19.8. The number of carbonyl (C=O) groups excluding carboxylic acids is 3. The van der Waals surface area contributed by atoms with E-state index < -0.39 is 35.9 Å². The standard InChI is InChI=1S/C18H32N4O5/c1-9(2)13(16(24)20-11(5)18(26)27)22-17(25)14(10(3)4)21-15(23)12-7-6-8-19-12/h9-14,19H,6-8H2,1-5H3,(H,20,24)(H,21,23)(H,22,25)(H,26,27). The molecule has 0 bridgehead atoms. The summed E-state index contributed by atoms with van der Waals surface area (Å²) >= 11 is 0. The predicted octanol–water partition coefficient (Wildman–Crippen LogP) is -0.391. The zero-order valence-corrected chi connectivity index (χ0v) is 16.7. The fraction of sp³-hybridized carbons (Fsp3) is 0.778. The second-order valence-corrected chi connectivity index (χ2v) is 7.68. The largest absolute Gasteiger partial charge is 0.480 e. The summed E-state index contributed by atoms with van der Waals surface area (Å²) in [5.74, 6) is -2.85. The van der Waals surface area contributed by atoms with Gasteiger partial charge in [0.2, 0.25) is 17.7 Å². The van der Waals surface area contributed by atoms with Crippen molar-refractivity contribution < 1.29 is 24.3 Å². The fourth-order valence-electron chi connectivity index (χ4n) is 2.84. The first kappa shape index (κ1) is 22.9. The van der Waals surface area contributed by atoms with Crippen molar-refractivity contribution in [2.24, 2.45) is 11.8 Å². The van der Waals surface area contributed by atoms with Gasteiger partial charge in [0.15, 0.2) is 0 Å². The number of carboxylic acids is 1. The molecular weight excluding hydrogens is 352 g/mol. The van der Waals surface area contributed by atoms with Crippen LogP contribution in [0.15, 0.2) is 0 Å². The van der Waals surface area contributed by atoms with Crippen LogP contribution < -0.4 is 21.3 Å². The maximum atomic E-state index is 12.7. The molecule has 4 unspecified atom stereocenters. The van der Waals surface area contributed by atoms with Crippen molar-refractivity contribution in [1.29, 1.82) is 0 Å². The number of hydrogen-bond donors (Lipinski definition) is 5. The molecule has 9 nitrogen and oxygen atoms in total. The number of rotatable bonds is 9. The van der Waals surface area contributed by atoms with Gasteiger partial charge in [-0.3, -0.25) is 19.2 Å².